The van der Waals surface area contributed by atoms with Gasteiger partial charge in [-0.25, -0.2) is 4.79 Å². The number of aromatic hydroxyl groups is 2. The number of nitriles is 1. The van der Waals surface area contributed by atoms with Crippen LogP contribution in [0.3, 0.4) is 0 Å². The summed E-state index contributed by atoms with van der Waals surface area (Å²) in [5, 5.41) is 27.5. The number of ether oxygens (including phenoxy) is 1. The zero-order chi connectivity index (χ0) is 15.1. The van der Waals surface area contributed by atoms with E-state index in [4.69, 9.17) is 10.00 Å². The van der Waals surface area contributed by atoms with Crippen molar-refractivity contribution in [1.82, 2.24) is 0 Å². The number of phenolic OH excluding ortho intramolecular Hbond substituents is 2. The van der Waals surface area contributed by atoms with Crippen LogP contribution in [0.25, 0.3) is 6.08 Å². The Balaban J connectivity index is 2.79. The molecule has 0 saturated carbocycles. The average Bonchev–Trinajstić information content (AvgIpc) is 2.39. The third kappa shape index (κ3) is 4.65. The van der Waals surface area contributed by atoms with Crippen LogP contribution in [0.5, 0.6) is 11.5 Å². The van der Waals surface area contributed by atoms with Crippen LogP contribution in [0, 0.1) is 17.2 Å². The monoisotopic (exact) mass is 275 g/mol. The Labute approximate surface area is 117 Å². The molecule has 5 heteroatoms. The molecule has 0 radical (unpaired) electrons. The van der Waals surface area contributed by atoms with Crippen LogP contribution in [0.4, 0.5) is 0 Å². The predicted molar refractivity (Wildman–Crippen MR) is 73.8 cm³/mol. The lowest BCUT2D eigenvalue weighted by molar-refractivity contribution is -0.138. The molecule has 20 heavy (non-hydrogen) atoms. The van der Waals surface area contributed by atoms with Crippen molar-refractivity contribution in [2.75, 3.05) is 6.61 Å². The highest BCUT2D eigenvalue weighted by Gasteiger charge is 2.11. The Morgan fingerprint density at radius 1 is 1.40 bits per heavy atom. The minimum absolute atomic E-state index is 0.154. The molecule has 0 atom stereocenters. The second-order valence-corrected chi connectivity index (χ2v) is 4.74. The number of esters is 1. The Kier molecular flexibility index (Phi) is 5.60. The minimum atomic E-state index is -0.694. The van der Waals surface area contributed by atoms with Crippen LogP contribution >= 0.6 is 0 Å². The van der Waals surface area contributed by atoms with Crippen LogP contribution in [0.2, 0.25) is 0 Å². The van der Waals surface area contributed by atoms with Crippen molar-refractivity contribution in [2.24, 2.45) is 5.92 Å². The van der Waals surface area contributed by atoms with Crippen LogP contribution in [0.1, 0.15) is 25.8 Å². The van der Waals surface area contributed by atoms with Crippen LogP contribution in [-0.4, -0.2) is 22.8 Å². The molecule has 2 N–H and O–H groups in total. The highest BCUT2D eigenvalue weighted by atomic mass is 16.5. The van der Waals surface area contributed by atoms with Gasteiger partial charge in [0.15, 0.2) is 11.5 Å². The van der Waals surface area contributed by atoms with Crippen molar-refractivity contribution in [3.63, 3.8) is 0 Å². The Hall–Kier alpha value is -2.48. The third-order valence-corrected chi connectivity index (χ3v) is 2.58. The normalized spacial score (nSPS) is 11.2. The van der Waals surface area contributed by atoms with Gasteiger partial charge >= 0.3 is 5.97 Å². The first-order valence-corrected chi connectivity index (χ1v) is 6.25. The molecule has 0 unspecified atom stereocenters. The van der Waals surface area contributed by atoms with Gasteiger partial charge in [0.2, 0.25) is 0 Å². The van der Waals surface area contributed by atoms with Gasteiger partial charge < -0.3 is 14.9 Å². The largest absolute Gasteiger partial charge is 0.504 e. The van der Waals surface area contributed by atoms with Gasteiger partial charge in [-0.15, -0.1) is 0 Å². The molecule has 0 amide bonds. The van der Waals surface area contributed by atoms with Gasteiger partial charge in [-0.1, -0.05) is 19.9 Å². The first-order chi connectivity index (χ1) is 9.43. The predicted octanol–water partition coefficient (Wildman–Crippen LogP) is 2.59. The van der Waals surface area contributed by atoms with Gasteiger partial charge in [0.25, 0.3) is 0 Å². The summed E-state index contributed by atoms with van der Waals surface area (Å²) in [6.45, 7) is 4.28. The SMILES string of the molecule is CC(C)CCOC(=O)C(C#N)=Cc1ccc(O)c(O)c1. The maximum Gasteiger partial charge on any atom is 0.348 e. The molecule has 0 aliphatic carbocycles. The lowest BCUT2D eigenvalue weighted by Crippen LogP contribution is -2.09. The van der Waals surface area contributed by atoms with Crippen LogP contribution in [-0.2, 0) is 9.53 Å². The summed E-state index contributed by atoms with van der Waals surface area (Å²) in [6.07, 6.45) is 2.03. The first kappa shape index (κ1) is 15.6. The molecular formula is C15H17NO4. The molecule has 1 aromatic carbocycles. The first-order valence-electron chi connectivity index (χ1n) is 6.25. The molecule has 5 nitrogen and oxygen atoms in total. The molecule has 106 valence electrons. The fraction of sp³-hybridized carbons (Fsp3) is 0.333. The fourth-order valence-electron chi connectivity index (χ4n) is 1.40. The number of hydrogen-bond donors (Lipinski definition) is 2. The summed E-state index contributed by atoms with van der Waals surface area (Å²) in [5.74, 6) is -0.864. The van der Waals surface area contributed by atoms with Crippen molar-refractivity contribution in [3.8, 4) is 17.6 Å². The summed E-state index contributed by atoms with van der Waals surface area (Å²) in [6, 6.07) is 5.78. The zero-order valence-electron chi connectivity index (χ0n) is 11.5. The molecule has 0 bridgehead atoms. The van der Waals surface area contributed by atoms with E-state index in [1.54, 1.807) is 6.07 Å². The highest BCUT2D eigenvalue weighted by molar-refractivity contribution is 5.97. The van der Waals surface area contributed by atoms with Gasteiger partial charge in [0.1, 0.15) is 11.6 Å². The second kappa shape index (κ2) is 7.19. The van der Waals surface area contributed by atoms with Gasteiger partial charge in [-0.3, -0.25) is 0 Å². The average molecular weight is 275 g/mol. The topological polar surface area (TPSA) is 90.6 Å². The lowest BCUT2D eigenvalue weighted by atomic mass is 10.1. The van der Waals surface area contributed by atoms with E-state index in [1.165, 1.54) is 24.3 Å². The maximum atomic E-state index is 11.7. The number of rotatable bonds is 5. The maximum absolute atomic E-state index is 11.7. The number of benzene rings is 1. The summed E-state index contributed by atoms with van der Waals surface area (Å²) >= 11 is 0. The molecule has 0 heterocycles. The quantitative estimate of drug-likeness (QED) is 0.373. The van der Waals surface area contributed by atoms with Gasteiger partial charge in [-0.05, 0) is 36.1 Å². The third-order valence-electron chi connectivity index (χ3n) is 2.58. The zero-order valence-corrected chi connectivity index (χ0v) is 11.5. The van der Waals surface area contributed by atoms with Crippen molar-refractivity contribution in [3.05, 3.63) is 29.3 Å². The Morgan fingerprint density at radius 3 is 2.65 bits per heavy atom. The van der Waals surface area contributed by atoms with E-state index in [9.17, 15) is 15.0 Å². The Morgan fingerprint density at radius 2 is 2.10 bits per heavy atom. The molecular weight excluding hydrogens is 258 g/mol. The van der Waals surface area contributed by atoms with E-state index in [1.807, 2.05) is 13.8 Å². The van der Waals surface area contributed by atoms with E-state index in [0.29, 0.717) is 11.5 Å². The molecule has 0 fully saturated rings. The molecule has 1 aromatic rings. The Bertz CT molecular complexity index is 555. The van der Waals surface area contributed by atoms with Crippen molar-refractivity contribution in [2.45, 2.75) is 20.3 Å². The summed E-state index contributed by atoms with van der Waals surface area (Å²) in [7, 11) is 0. The minimum Gasteiger partial charge on any atom is -0.504 e. The number of carbonyl (C=O) groups is 1. The van der Waals surface area contributed by atoms with E-state index in [-0.39, 0.29) is 23.7 Å². The van der Waals surface area contributed by atoms with Gasteiger partial charge in [0.05, 0.1) is 6.61 Å². The number of hydrogen-bond acceptors (Lipinski definition) is 5. The van der Waals surface area contributed by atoms with E-state index >= 15 is 0 Å². The van der Waals surface area contributed by atoms with E-state index < -0.39 is 5.97 Å². The molecule has 0 aromatic heterocycles. The lowest BCUT2D eigenvalue weighted by Gasteiger charge is -2.06. The molecule has 1 rings (SSSR count). The molecule has 0 aliphatic heterocycles. The van der Waals surface area contributed by atoms with Crippen molar-refractivity contribution >= 4 is 12.0 Å². The van der Waals surface area contributed by atoms with Gasteiger partial charge in [-0.2, -0.15) is 5.26 Å². The standard InChI is InChI=1S/C15H17NO4/c1-10(2)5-6-20-15(19)12(9-16)7-11-3-4-13(17)14(18)8-11/h3-4,7-8,10,17-18H,5-6H2,1-2H3. The molecule has 0 saturated heterocycles. The number of phenols is 2. The van der Waals surface area contributed by atoms with Crippen molar-refractivity contribution < 1.29 is 19.7 Å². The van der Waals surface area contributed by atoms with Gasteiger partial charge in [0, 0.05) is 0 Å². The van der Waals surface area contributed by atoms with Crippen molar-refractivity contribution in [1.29, 1.82) is 5.26 Å². The summed E-state index contributed by atoms with van der Waals surface area (Å²) < 4.78 is 4.99. The van der Waals surface area contributed by atoms with E-state index in [2.05, 4.69) is 0 Å². The fourth-order valence-corrected chi connectivity index (χ4v) is 1.40. The second-order valence-electron chi connectivity index (χ2n) is 4.74. The van der Waals surface area contributed by atoms with Crippen LogP contribution in [0.15, 0.2) is 23.8 Å². The summed E-state index contributed by atoms with van der Waals surface area (Å²) in [4.78, 5) is 11.7. The highest BCUT2D eigenvalue weighted by Crippen LogP contribution is 2.25. The van der Waals surface area contributed by atoms with Crippen LogP contribution < -0.4 is 0 Å². The number of carbonyl (C=O) groups excluding carboxylic acids is 1. The van der Waals surface area contributed by atoms with E-state index in [0.717, 1.165) is 6.42 Å². The molecule has 0 spiro atoms. The molecule has 0 aliphatic rings. The smallest absolute Gasteiger partial charge is 0.348 e. The summed E-state index contributed by atoms with van der Waals surface area (Å²) in [5.41, 5.74) is 0.275. The number of nitrogens with zero attached hydrogens (tertiary/aromatic N) is 1.